The summed E-state index contributed by atoms with van der Waals surface area (Å²) in [6, 6.07) is 2.70. The van der Waals surface area contributed by atoms with E-state index in [1.54, 1.807) is 19.2 Å². The number of aliphatic hydroxyl groups is 1. The number of phenols is 1. The van der Waals surface area contributed by atoms with Crippen LogP contribution in [0.5, 0.6) is 5.75 Å². The molecule has 0 saturated carbocycles. The number of hydrogen-bond donors (Lipinski definition) is 5. The number of nitrogens with one attached hydrogen (secondary N) is 2. The lowest BCUT2D eigenvalue weighted by Gasteiger charge is -2.35. The van der Waals surface area contributed by atoms with Crippen LogP contribution in [0.4, 0.5) is 0 Å². The van der Waals surface area contributed by atoms with Gasteiger partial charge in [0, 0.05) is 31.9 Å². The van der Waals surface area contributed by atoms with E-state index in [4.69, 9.17) is 11.6 Å². The predicted octanol–water partition coefficient (Wildman–Crippen LogP) is 2.90. The second-order valence-electron chi connectivity index (χ2n) is 12.1. The molecule has 5 atom stereocenters. The highest BCUT2D eigenvalue weighted by Gasteiger charge is 2.41. The van der Waals surface area contributed by atoms with Crippen LogP contribution in [0.25, 0.3) is 0 Å². The highest BCUT2D eigenvalue weighted by molar-refractivity contribution is 6.17. The Bertz CT molecular complexity index is 1070. The minimum Gasteiger partial charge on any atom is -0.508 e. The molecule has 0 bridgehead atoms. The molecule has 0 radical (unpaired) electrons. The van der Waals surface area contributed by atoms with Gasteiger partial charge in [-0.05, 0) is 62.8 Å². The first-order valence-corrected chi connectivity index (χ1v) is 16.2. The van der Waals surface area contributed by atoms with E-state index in [0.717, 1.165) is 32.1 Å². The van der Waals surface area contributed by atoms with Crippen LogP contribution >= 0.6 is 11.6 Å². The molecule has 1 aliphatic heterocycles. The van der Waals surface area contributed by atoms with Gasteiger partial charge < -0.3 is 35.8 Å². The average molecular weight is 639 g/mol. The van der Waals surface area contributed by atoms with Crippen LogP contribution in [-0.4, -0.2) is 106 Å². The van der Waals surface area contributed by atoms with Crippen molar-refractivity contribution in [1.29, 1.82) is 0 Å². The van der Waals surface area contributed by atoms with Gasteiger partial charge in [0.15, 0.2) is 0 Å². The zero-order valence-corrected chi connectivity index (χ0v) is 27.3. The summed E-state index contributed by atoms with van der Waals surface area (Å²) in [4.78, 5) is 55.5. The smallest absolute Gasteiger partial charge is 0.326 e. The van der Waals surface area contributed by atoms with Crippen molar-refractivity contribution in [2.45, 2.75) is 108 Å². The number of carboxylic acids is 1. The fourth-order valence-corrected chi connectivity index (χ4v) is 5.89. The molecule has 3 amide bonds. The topological polar surface area (TPSA) is 160 Å². The van der Waals surface area contributed by atoms with E-state index in [0.29, 0.717) is 43.7 Å². The van der Waals surface area contributed by atoms with E-state index in [2.05, 4.69) is 10.6 Å². The first kappa shape index (κ1) is 37.3. The van der Waals surface area contributed by atoms with Gasteiger partial charge in [0.2, 0.25) is 11.8 Å². The molecule has 1 fully saturated rings. The Morgan fingerprint density at radius 3 is 2.30 bits per heavy atom. The molecule has 11 nitrogen and oxygen atoms in total. The number of carboxylic acid groups (broad SMARTS) is 1. The van der Waals surface area contributed by atoms with Gasteiger partial charge in [0.25, 0.3) is 5.91 Å². The number of amides is 3. The third kappa shape index (κ3) is 11.2. The molecule has 1 saturated heterocycles. The number of unbranched alkanes of at least 4 members (excludes halogenated alkanes) is 4. The Hall–Kier alpha value is -2.89. The highest BCUT2D eigenvalue weighted by Crippen LogP contribution is 2.23. The zero-order valence-electron chi connectivity index (χ0n) is 26.5. The van der Waals surface area contributed by atoms with Crippen molar-refractivity contribution in [2.75, 3.05) is 26.5 Å². The van der Waals surface area contributed by atoms with Crippen LogP contribution in [0.2, 0.25) is 0 Å². The molecule has 1 aromatic rings. The number of likely N-dealkylation sites (tertiary alicyclic amines) is 1. The molecule has 1 aliphatic rings. The maximum Gasteiger partial charge on any atom is 0.326 e. The van der Waals surface area contributed by atoms with Crippen LogP contribution < -0.4 is 10.6 Å². The van der Waals surface area contributed by atoms with Crippen LogP contribution in [0.15, 0.2) is 24.3 Å². The summed E-state index contributed by atoms with van der Waals surface area (Å²) >= 11 is 5.74. The number of likely N-dealkylation sites (N-methyl/N-ethyl adjacent to an activating group) is 2. The minimum absolute atomic E-state index is 0.0170. The maximum atomic E-state index is 14.0. The highest BCUT2D eigenvalue weighted by atomic mass is 35.5. The van der Waals surface area contributed by atoms with Gasteiger partial charge in [0.05, 0.1) is 0 Å². The van der Waals surface area contributed by atoms with Gasteiger partial charge in [-0.25, -0.2) is 4.79 Å². The molecule has 0 spiro atoms. The standard InChI is InChI=1S/C32H51ClN4O7/c1-21(2)19-27(31(42)37-18-10-12-26(37)32(43)44)36(4)30(41)25(20-22-13-15-23(38)16-14-22)35-29(40)28(39)24(34-3)11-8-6-5-7-9-17-33/h13-16,21,24-28,34,38-39H,5-12,17-20H2,1-4H3,(H,35,40)(H,43,44)/t24-,25+,26-,27-,28-/m0/s1. The van der Waals surface area contributed by atoms with Crippen LogP contribution in [0.1, 0.15) is 77.2 Å². The largest absolute Gasteiger partial charge is 0.508 e. The molecular weight excluding hydrogens is 588 g/mol. The summed E-state index contributed by atoms with van der Waals surface area (Å²) in [6.07, 6.45) is 5.17. The molecule has 44 heavy (non-hydrogen) atoms. The Labute approximate surface area is 266 Å². The molecular formula is C32H51ClN4O7. The Kier molecular flexibility index (Phi) is 15.9. The monoisotopic (exact) mass is 638 g/mol. The third-order valence-corrected chi connectivity index (χ3v) is 8.54. The van der Waals surface area contributed by atoms with Gasteiger partial charge in [-0.1, -0.05) is 51.7 Å². The number of aromatic hydroxyl groups is 1. The second-order valence-corrected chi connectivity index (χ2v) is 12.5. The number of carbonyl (C=O) groups excluding carboxylic acids is 3. The number of aliphatic hydroxyl groups excluding tert-OH is 1. The van der Waals surface area contributed by atoms with E-state index in [1.165, 1.54) is 29.0 Å². The van der Waals surface area contributed by atoms with Gasteiger partial charge >= 0.3 is 5.97 Å². The van der Waals surface area contributed by atoms with E-state index < -0.39 is 54.0 Å². The van der Waals surface area contributed by atoms with Crippen LogP contribution in [0.3, 0.4) is 0 Å². The number of rotatable bonds is 19. The van der Waals surface area contributed by atoms with Gasteiger partial charge in [0.1, 0.15) is 30.0 Å². The van der Waals surface area contributed by atoms with E-state index in [1.807, 2.05) is 13.8 Å². The number of benzene rings is 1. The Balaban J connectivity index is 2.26. The third-order valence-electron chi connectivity index (χ3n) is 8.28. The first-order valence-electron chi connectivity index (χ1n) is 15.7. The summed E-state index contributed by atoms with van der Waals surface area (Å²) in [7, 11) is 3.17. The summed E-state index contributed by atoms with van der Waals surface area (Å²) in [5.41, 5.74) is 0.656. The van der Waals surface area contributed by atoms with E-state index >= 15 is 0 Å². The van der Waals surface area contributed by atoms with Crippen LogP contribution in [-0.2, 0) is 25.6 Å². The molecule has 0 aliphatic carbocycles. The number of phenolic OH excluding ortho intramolecular Hbond substituents is 1. The molecule has 1 aromatic carbocycles. The van der Waals surface area contributed by atoms with Crippen molar-refractivity contribution < 1.29 is 34.5 Å². The number of hydrogen-bond acceptors (Lipinski definition) is 7. The SMILES string of the molecule is CN[C@@H](CCCCCCCCl)[C@H](O)C(=O)N[C@H](Cc1ccc(O)cc1)C(=O)N(C)[C@@H](CC(C)C)C(=O)N1CCC[C@H]1C(=O)O. The molecule has 2 rings (SSSR count). The van der Waals surface area contributed by atoms with Crippen molar-refractivity contribution in [3.05, 3.63) is 29.8 Å². The minimum atomic E-state index is -1.42. The fourth-order valence-electron chi connectivity index (χ4n) is 5.71. The molecule has 12 heteroatoms. The van der Waals surface area contributed by atoms with Gasteiger partial charge in [-0.15, -0.1) is 11.6 Å². The lowest BCUT2D eigenvalue weighted by atomic mass is 9.98. The van der Waals surface area contributed by atoms with Gasteiger partial charge in [-0.3, -0.25) is 14.4 Å². The molecule has 1 heterocycles. The molecule has 5 N–H and O–H groups in total. The van der Waals surface area contributed by atoms with Crippen molar-refractivity contribution in [2.24, 2.45) is 5.92 Å². The van der Waals surface area contributed by atoms with Crippen molar-refractivity contribution in [3.8, 4) is 5.75 Å². The average Bonchev–Trinajstić information content (AvgIpc) is 3.49. The van der Waals surface area contributed by atoms with Gasteiger partial charge in [-0.2, -0.15) is 0 Å². The second kappa shape index (κ2) is 18.8. The van der Waals surface area contributed by atoms with E-state index in [-0.39, 0.29) is 18.1 Å². The van der Waals surface area contributed by atoms with Crippen molar-refractivity contribution in [3.63, 3.8) is 0 Å². The lowest BCUT2D eigenvalue weighted by Crippen LogP contribution is -2.58. The number of alkyl halides is 1. The lowest BCUT2D eigenvalue weighted by molar-refractivity contribution is -0.153. The number of nitrogens with zero attached hydrogens (tertiary/aromatic N) is 2. The maximum absolute atomic E-state index is 14.0. The summed E-state index contributed by atoms with van der Waals surface area (Å²) in [5, 5.41) is 36.1. The first-order chi connectivity index (χ1) is 20.9. The summed E-state index contributed by atoms with van der Waals surface area (Å²) < 4.78 is 0. The fraction of sp³-hybridized carbons (Fsp3) is 0.688. The quantitative estimate of drug-likeness (QED) is 0.114. The Morgan fingerprint density at radius 1 is 1.07 bits per heavy atom. The van der Waals surface area contributed by atoms with Crippen molar-refractivity contribution in [1.82, 2.24) is 20.4 Å². The normalized spacial score (nSPS) is 17.6. The molecule has 248 valence electrons. The summed E-state index contributed by atoms with van der Waals surface area (Å²) in [5.74, 6) is -2.06. The number of aliphatic carboxylic acids is 1. The number of halogens is 1. The predicted molar refractivity (Wildman–Crippen MR) is 169 cm³/mol. The summed E-state index contributed by atoms with van der Waals surface area (Å²) in [6.45, 7) is 4.13. The Morgan fingerprint density at radius 2 is 1.70 bits per heavy atom. The van der Waals surface area contributed by atoms with Crippen molar-refractivity contribution >= 4 is 35.3 Å². The zero-order chi connectivity index (χ0) is 32.8. The number of carbonyl (C=O) groups is 4. The molecule has 0 unspecified atom stereocenters. The van der Waals surface area contributed by atoms with Crippen LogP contribution in [0, 0.1) is 5.92 Å². The van der Waals surface area contributed by atoms with E-state index in [9.17, 15) is 34.5 Å². The molecule has 0 aromatic heterocycles.